The van der Waals surface area contributed by atoms with Gasteiger partial charge in [0.25, 0.3) is 17.3 Å². The van der Waals surface area contributed by atoms with Crippen molar-refractivity contribution >= 4 is 34.9 Å². The lowest BCUT2D eigenvalue weighted by molar-refractivity contribution is -0.393. The van der Waals surface area contributed by atoms with Crippen LogP contribution in [0, 0.1) is 20.2 Å². The number of carbonyl (C=O) groups excluding carboxylic acids is 2. The van der Waals surface area contributed by atoms with Crippen LogP contribution in [0.2, 0.25) is 5.02 Å². The third-order valence-corrected chi connectivity index (χ3v) is 2.70. The molecule has 1 N–H and O–H groups in total. The third kappa shape index (κ3) is 3.86. The smallest absolute Gasteiger partial charge is 0.325 e. The molecule has 0 fully saturated rings. The fraction of sp³-hybridized carbons (Fsp3) is 0.200. The minimum Gasteiger partial charge on any atom is -0.468 e. The first-order valence-electron chi connectivity index (χ1n) is 5.25. The van der Waals surface area contributed by atoms with Crippen LogP contribution in [0.4, 0.5) is 11.4 Å². The van der Waals surface area contributed by atoms with Crippen molar-refractivity contribution in [2.24, 2.45) is 0 Å². The molecule has 1 aromatic rings. The minimum absolute atomic E-state index is 0.373. The number of nitro groups is 2. The number of rotatable bonds is 5. The second kappa shape index (κ2) is 6.61. The lowest BCUT2D eigenvalue weighted by atomic mass is 10.1. The van der Waals surface area contributed by atoms with Gasteiger partial charge < -0.3 is 10.1 Å². The summed E-state index contributed by atoms with van der Waals surface area (Å²) < 4.78 is 4.29. The Hall–Kier alpha value is -2.75. The number of nitro benzene ring substituents is 2. The number of benzene rings is 1. The summed E-state index contributed by atoms with van der Waals surface area (Å²) >= 11 is 5.54. The fourth-order valence-corrected chi connectivity index (χ4v) is 1.56. The first-order valence-corrected chi connectivity index (χ1v) is 5.63. The molecular weight excluding hydrogens is 310 g/mol. The molecule has 0 unspecified atom stereocenters. The van der Waals surface area contributed by atoms with E-state index in [1.807, 2.05) is 0 Å². The Labute approximate surface area is 121 Å². The van der Waals surface area contributed by atoms with Crippen LogP contribution in [0.5, 0.6) is 0 Å². The zero-order chi connectivity index (χ0) is 16.2. The van der Waals surface area contributed by atoms with Crippen molar-refractivity contribution < 1.29 is 24.2 Å². The normalized spacial score (nSPS) is 9.81. The Kier molecular flexibility index (Phi) is 5.13. The summed E-state index contributed by atoms with van der Waals surface area (Å²) in [6.45, 7) is -0.487. The quantitative estimate of drug-likeness (QED) is 0.486. The predicted molar refractivity (Wildman–Crippen MR) is 69.1 cm³/mol. The molecule has 0 spiro atoms. The molecule has 0 aliphatic rings. The molecule has 0 heterocycles. The molecule has 0 aromatic heterocycles. The van der Waals surface area contributed by atoms with Crippen LogP contribution in [0.3, 0.4) is 0 Å². The molecule has 1 rings (SSSR count). The van der Waals surface area contributed by atoms with E-state index in [0.717, 1.165) is 19.2 Å². The van der Waals surface area contributed by atoms with E-state index >= 15 is 0 Å². The van der Waals surface area contributed by atoms with Crippen molar-refractivity contribution in [3.8, 4) is 0 Å². The number of carbonyl (C=O) groups is 2. The maximum Gasteiger partial charge on any atom is 0.325 e. The fourth-order valence-electron chi connectivity index (χ4n) is 1.32. The molecule has 11 heteroatoms. The van der Waals surface area contributed by atoms with Crippen LogP contribution in [-0.2, 0) is 9.53 Å². The van der Waals surface area contributed by atoms with Crippen molar-refractivity contribution in [2.75, 3.05) is 13.7 Å². The van der Waals surface area contributed by atoms with E-state index in [1.54, 1.807) is 0 Å². The van der Waals surface area contributed by atoms with Gasteiger partial charge in [0.05, 0.1) is 22.5 Å². The average molecular weight is 318 g/mol. The zero-order valence-corrected chi connectivity index (χ0v) is 11.2. The van der Waals surface area contributed by atoms with Crippen molar-refractivity contribution in [3.63, 3.8) is 0 Å². The summed E-state index contributed by atoms with van der Waals surface area (Å²) in [5.74, 6) is -1.66. The summed E-state index contributed by atoms with van der Waals surface area (Å²) in [7, 11) is 1.10. The standard InChI is InChI=1S/C10H8ClN3O7/c1-21-8(15)4-12-10(16)5-2-6(13(17)18)9(11)7(3-5)14(19)20/h2-3H,4H2,1H3,(H,12,16). The van der Waals surface area contributed by atoms with E-state index in [4.69, 9.17) is 11.6 Å². The predicted octanol–water partition coefficient (Wildman–Crippen LogP) is 1.06. The molecule has 10 nitrogen and oxygen atoms in total. The van der Waals surface area contributed by atoms with E-state index in [9.17, 15) is 29.8 Å². The van der Waals surface area contributed by atoms with Crippen LogP contribution in [0.15, 0.2) is 12.1 Å². The largest absolute Gasteiger partial charge is 0.468 e. The number of halogens is 1. The van der Waals surface area contributed by atoms with Gasteiger partial charge in [0.15, 0.2) is 5.02 Å². The average Bonchev–Trinajstić information content (AvgIpc) is 2.43. The molecule has 0 radical (unpaired) electrons. The van der Waals surface area contributed by atoms with Gasteiger partial charge in [-0.2, -0.15) is 0 Å². The van der Waals surface area contributed by atoms with E-state index in [2.05, 4.69) is 10.1 Å². The van der Waals surface area contributed by atoms with Crippen LogP contribution in [0.1, 0.15) is 10.4 Å². The van der Waals surface area contributed by atoms with Crippen molar-refractivity contribution in [3.05, 3.63) is 42.9 Å². The number of methoxy groups -OCH3 is 1. The van der Waals surface area contributed by atoms with Crippen LogP contribution in [0.25, 0.3) is 0 Å². The van der Waals surface area contributed by atoms with Gasteiger partial charge >= 0.3 is 5.97 Å². The Morgan fingerprint density at radius 1 is 1.24 bits per heavy atom. The van der Waals surface area contributed by atoms with E-state index < -0.39 is 44.7 Å². The molecule has 0 bridgehead atoms. The first kappa shape index (κ1) is 16.3. The van der Waals surface area contributed by atoms with Gasteiger partial charge in [-0.05, 0) is 0 Å². The Balaban J connectivity index is 3.18. The van der Waals surface area contributed by atoms with Gasteiger partial charge in [-0.25, -0.2) is 0 Å². The Morgan fingerprint density at radius 2 is 1.71 bits per heavy atom. The van der Waals surface area contributed by atoms with Crippen molar-refractivity contribution in [1.82, 2.24) is 5.32 Å². The molecule has 1 amide bonds. The molecule has 1 aromatic carbocycles. The first-order chi connectivity index (χ1) is 9.77. The molecule has 0 aliphatic carbocycles. The summed E-state index contributed by atoms with van der Waals surface area (Å²) in [6.07, 6.45) is 0. The lowest BCUT2D eigenvalue weighted by Gasteiger charge is -2.05. The molecular formula is C10H8ClN3O7. The minimum atomic E-state index is -0.952. The molecule has 0 aliphatic heterocycles. The SMILES string of the molecule is COC(=O)CNC(=O)c1cc([N+](=O)[O-])c(Cl)c([N+](=O)[O-])c1. The monoisotopic (exact) mass is 317 g/mol. The number of ether oxygens (including phenoxy) is 1. The maximum absolute atomic E-state index is 11.7. The topological polar surface area (TPSA) is 142 Å². The highest BCUT2D eigenvalue weighted by Gasteiger charge is 2.27. The summed E-state index contributed by atoms with van der Waals surface area (Å²) in [5.41, 5.74) is -1.94. The summed E-state index contributed by atoms with van der Waals surface area (Å²) in [5, 5.41) is 23.0. The van der Waals surface area contributed by atoms with Crippen molar-refractivity contribution in [2.45, 2.75) is 0 Å². The van der Waals surface area contributed by atoms with Crippen LogP contribution >= 0.6 is 11.6 Å². The van der Waals surface area contributed by atoms with E-state index in [-0.39, 0.29) is 5.56 Å². The molecule has 21 heavy (non-hydrogen) atoms. The van der Waals surface area contributed by atoms with Gasteiger partial charge in [-0.1, -0.05) is 11.6 Å². The second-order valence-corrected chi connectivity index (χ2v) is 3.98. The molecule has 0 atom stereocenters. The molecule has 112 valence electrons. The number of nitrogens with zero attached hydrogens (tertiary/aromatic N) is 2. The number of nitrogens with one attached hydrogen (secondary N) is 1. The second-order valence-electron chi connectivity index (χ2n) is 3.60. The van der Waals surface area contributed by atoms with E-state index in [1.165, 1.54) is 0 Å². The summed E-state index contributed by atoms with van der Waals surface area (Å²) in [6, 6.07) is 1.56. The third-order valence-electron chi connectivity index (χ3n) is 2.31. The number of esters is 1. The van der Waals surface area contributed by atoms with Gasteiger partial charge in [-0.15, -0.1) is 0 Å². The number of hydrogen-bond donors (Lipinski definition) is 1. The Morgan fingerprint density at radius 3 is 2.10 bits per heavy atom. The van der Waals surface area contributed by atoms with E-state index in [0.29, 0.717) is 0 Å². The van der Waals surface area contributed by atoms with Crippen LogP contribution < -0.4 is 5.32 Å². The summed E-state index contributed by atoms with van der Waals surface area (Å²) in [4.78, 5) is 42.2. The molecule has 0 saturated heterocycles. The highest BCUT2D eigenvalue weighted by molar-refractivity contribution is 6.35. The van der Waals surface area contributed by atoms with Gasteiger partial charge in [0.2, 0.25) is 0 Å². The van der Waals surface area contributed by atoms with Crippen LogP contribution in [-0.4, -0.2) is 35.4 Å². The molecule has 0 saturated carbocycles. The number of amides is 1. The van der Waals surface area contributed by atoms with Crippen molar-refractivity contribution in [1.29, 1.82) is 0 Å². The Bertz CT molecular complexity index is 596. The highest BCUT2D eigenvalue weighted by Crippen LogP contribution is 2.34. The maximum atomic E-state index is 11.7. The lowest BCUT2D eigenvalue weighted by Crippen LogP contribution is -2.30. The van der Waals surface area contributed by atoms with Gasteiger partial charge in [0, 0.05) is 12.1 Å². The highest BCUT2D eigenvalue weighted by atomic mass is 35.5. The zero-order valence-electron chi connectivity index (χ0n) is 10.5. The van der Waals surface area contributed by atoms with Gasteiger partial charge in [-0.3, -0.25) is 29.8 Å². The van der Waals surface area contributed by atoms with Gasteiger partial charge in [0.1, 0.15) is 6.54 Å². The number of hydrogen-bond acceptors (Lipinski definition) is 7.